The predicted octanol–water partition coefficient (Wildman–Crippen LogP) is 25.9. The molecule has 0 radical (unpaired) electrons. The number of hydrogen-bond donors (Lipinski definition) is 0. The van der Waals surface area contributed by atoms with Crippen molar-refractivity contribution in [3.8, 4) is 0 Å². The molecule has 0 saturated heterocycles. The van der Waals surface area contributed by atoms with Gasteiger partial charge in [-0.15, -0.1) is 0 Å². The summed E-state index contributed by atoms with van der Waals surface area (Å²) in [6.45, 7) is 6.68. The largest absolute Gasteiger partial charge is 0.462 e. The molecule has 0 amide bonds. The number of carbonyl (C=O) groups is 3. The lowest BCUT2D eigenvalue weighted by atomic mass is 10.0. The topological polar surface area (TPSA) is 78.9 Å². The number of ether oxygens (including phenoxy) is 3. The fourth-order valence-corrected chi connectivity index (χ4v) is 11.5. The number of unbranched alkanes of at least 4 members (excludes halogenated alkanes) is 53. The molecule has 0 aliphatic heterocycles. The quantitative estimate of drug-likeness (QED) is 0.0261. The zero-order valence-corrected chi connectivity index (χ0v) is 56.2. The normalized spacial score (nSPS) is 12.2. The van der Waals surface area contributed by atoms with E-state index < -0.39 is 6.10 Å². The molecule has 0 fully saturated rings. The van der Waals surface area contributed by atoms with Gasteiger partial charge in [0.2, 0.25) is 0 Å². The summed E-state index contributed by atoms with van der Waals surface area (Å²) in [6, 6.07) is 0. The monoisotopic (exact) mass is 1170 g/mol. The van der Waals surface area contributed by atoms with Gasteiger partial charge in [0.25, 0.3) is 0 Å². The highest BCUT2D eigenvalue weighted by Gasteiger charge is 2.19. The Morgan fingerprint density at radius 2 is 0.434 bits per heavy atom. The van der Waals surface area contributed by atoms with Crippen molar-refractivity contribution in [2.45, 2.75) is 425 Å². The third-order valence-electron chi connectivity index (χ3n) is 17.1. The van der Waals surface area contributed by atoms with Crippen molar-refractivity contribution in [1.82, 2.24) is 0 Å². The van der Waals surface area contributed by atoms with E-state index in [4.69, 9.17) is 14.2 Å². The first-order chi connectivity index (χ1) is 41.0. The van der Waals surface area contributed by atoms with Crippen molar-refractivity contribution in [3.05, 3.63) is 36.5 Å². The zero-order valence-electron chi connectivity index (χ0n) is 56.2. The van der Waals surface area contributed by atoms with Gasteiger partial charge < -0.3 is 14.2 Å². The maximum atomic E-state index is 12.9. The lowest BCUT2D eigenvalue weighted by Crippen LogP contribution is -2.30. The van der Waals surface area contributed by atoms with Gasteiger partial charge in [-0.1, -0.05) is 359 Å². The highest BCUT2D eigenvalue weighted by atomic mass is 16.6. The molecule has 0 saturated carbocycles. The van der Waals surface area contributed by atoms with E-state index in [1.165, 1.54) is 289 Å². The first kappa shape index (κ1) is 80.6. The van der Waals surface area contributed by atoms with Gasteiger partial charge in [-0.2, -0.15) is 0 Å². The number of esters is 3. The number of allylic oxidation sites excluding steroid dienone is 6. The molecule has 0 spiro atoms. The number of hydrogen-bond acceptors (Lipinski definition) is 6. The molecule has 0 N–H and O–H groups in total. The molecule has 83 heavy (non-hydrogen) atoms. The third-order valence-corrected chi connectivity index (χ3v) is 17.1. The van der Waals surface area contributed by atoms with Crippen molar-refractivity contribution in [2.75, 3.05) is 13.2 Å². The summed E-state index contributed by atoms with van der Waals surface area (Å²) in [4.78, 5) is 38.4. The van der Waals surface area contributed by atoms with E-state index in [1.807, 2.05) is 0 Å². The standard InChI is InChI=1S/C77H144O6/c1-4-7-10-13-16-19-22-25-28-31-32-33-34-35-36-37-38-39-40-41-42-43-44-45-46-47-50-52-55-58-61-64-67-70-76(79)82-73-74(83-77(80)71-68-65-62-59-56-53-49-30-27-24-21-18-15-12-9-6-3)72-81-75(78)69-66-63-60-57-54-51-48-29-26-23-20-17-14-11-8-5-2/h21,24,29-30,48-49,74H,4-20,22-23,25-28,31-47,50-73H2,1-3H3/b24-21-,48-29-,49-30-. The van der Waals surface area contributed by atoms with Crippen molar-refractivity contribution >= 4 is 17.9 Å². The maximum absolute atomic E-state index is 12.9. The van der Waals surface area contributed by atoms with Crippen LogP contribution in [0, 0.1) is 0 Å². The molecule has 1 atom stereocenters. The highest BCUT2D eigenvalue weighted by Crippen LogP contribution is 2.19. The Balaban J connectivity index is 4.13. The Hall–Kier alpha value is -2.37. The molecular formula is C77H144O6. The summed E-state index contributed by atoms with van der Waals surface area (Å²) in [5.41, 5.74) is 0. The van der Waals surface area contributed by atoms with E-state index in [2.05, 4.69) is 57.2 Å². The second kappa shape index (κ2) is 72.1. The Bertz CT molecular complexity index is 1380. The number of rotatable bonds is 70. The van der Waals surface area contributed by atoms with Crippen LogP contribution in [0.1, 0.15) is 419 Å². The minimum Gasteiger partial charge on any atom is -0.462 e. The Morgan fingerprint density at radius 1 is 0.241 bits per heavy atom. The second-order valence-electron chi connectivity index (χ2n) is 25.6. The molecule has 0 aliphatic rings. The predicted molar refractivity (Wildman–Crippen MR) is 362 cm³/mol. The SMILES string of the molecule is CCCCCC/C=C\C/C=C\CCCCCCCC(=O)OC(COC(=O)CCCCCCC/C=C\CCCCCCCCC)COC(=O)CCCCCCCCCCCCCCCCCCCCCCCCCCCCCCCCCCC. The molecule has 0 aromatic carbocycles. The average molecular weight is 1170 g/mol. The van der Waals surface area contributed by atoms with Gasteiger partial charge in [0.05, 0.1) is 0 Å². The van der Waals surface area contributed by atoms with Crippen LogP contribution in [0.5, 0.6) is 0 Å². The van der Waals surface area contributed by atoms with Crippen LogP contribution in [-0.2, 0) is 28.6 Å². The van der Waals surface area contributed by atoms with Crippen molar-refractivity contribution in [1.29, 1.82) is 0 Å². The van der Waals surface area contributed by atoms with Gasteiger partial charge in [-0.05, 0) is 77.0 Å². The molecule has 6 heteroatoms. The smallest absolute Gasteiger partial charge is 0.306 e. The molecule has 0 aromatic heterocycles. The van der Waals surface area contributed by atoms with E-state index in [0.29, 0.717) is 19.3 Å². The van der Waals surface area contributed by atoms with Crippen LogP contribution < -0.4 is 0 Å². The maximum Gasteiger partial charge on any atom is 0.306 e. The van der Waals surface area contributed by atoms with Crippen LogP contribution in [0.2, 0.25) is 0 Å². The van der Waals surface area contributed by atoms with Gasteiger partial charge in [0, 0.05) is 19.3 Å². The fourth-order valence-electron chi connectivity index (χ4n) is 11.5. The van der Waals surface area contributed by atoms with Gasteiger partial charge in [-0.3, -0.25) is 14.4 Å². The van der Waals surface area contributed by atoms with E-state index in [-0.39, 0.29) is 31.1 Å². The molecule has 0 aliphatic carbocycles. The molecule has 0 rings (SSSR count). The van der Waals surface area contributed by atoms with E-state index >= 15 is 0 Å². The Morgan fingerprint density at radius 3 is 0.687 bits per heavy atom. The van der Waals surface area contributed by atoms with E-state index in [1.54, 1.807) is 0 Å². The second-order valence-corrected chi connectivity index (χ2v) is 25.6. The molecule has 0 aromatic rings. The summed E-state index contributed by atoms with van der Waals surface area (Å²) >= 11 is 0. The van der Waals surface area contributed by atoms with Crippen LogP contribution in [-0.4, -0.2) is 37.2 Å². The molecule has 1 unspecified atom stereocenters. The Kier molecular flexibility index (Phi) is 70.0. The van der Waals surface area contributed by atoms with Crippen LogP contribution in [0.15, 0.2) is 36.5 Å². The summed E-state index contributed by atoms with van der Waals surface area (Å²) in [5.74, 6) is -0.871. The summed E-state index contributed by atoms with van der Waals surface area (Å²) in [7, 11) is 0. The summed E-state index contributed by atoms with van der Waals surface area (Å²) < 4.78 is 17.0. The Labute approximate surface area is 518 Å². The van der Waals surface area contributed by atoms with Crippen LogP contribution in [0.3, 0.4) is 0 Å². The van der Waals surface area contributed by atoms with Crippen molar-refractivity contribution < 1.29 is 28.6 Å². The first-order valence-corrected chi connectivity index (χ1v) is 37.5. The number of carbonyl (C=O) groups excluding carboxylic acids is 3. The lowest BCUT2D eigenvalue weighted by Gasteiger charge is -2.18. The molecule has 488 valence electrons. The fraction of sp³-hybridized carbons (Fsp3) is 0.883. The molecular weight excluding hydrogens is 1020 g/mol. The summed E-state index contributed by atoms with van der Waals surface area (Å²) in [6.07, 6.45) is 90.6. The van der Waals surface area contributed by atoms with Crippen LogP contribution >= 0.6 is 0 Å². The van der Waals surface area contributed by atoms with E-state index in [9.17, 15) is 14.4 Å². The van der Waals surface area contributed by atoms with Crippen molar-refractivity contribution in [3.63, 3.8) is 0 Å². The minimum absolute atomic E-state index is 0.0761. The van der Waals surface area contributed by atoms with Gasteiger partial charge >= 0.3 is 17.9 Å². The molecule has 0 heterocycles. The van der Waals surface area contributed by atoms with Gasteiger partial charge in [0.15, 0.2) is 6.10 Å². The van der Waals surface area contributed by atoms with Crippen LogP contribution in [0.25, 0.3) is 0 Å². The lowest BCUT2D eigenvalue weighted by molar-refractivity contribution is -0.167. The first-order valence-electron chi connectivity index (χ1n) is 37.5. The van der Waals surface area contributed by atoms with Crippen molar-refractivity contribution in [2.24, 2.45) is 0 Å². The molecule has 6 nitrogen and oxygen atoms in total. The highest BCUT2D eigenvalue weighted by molar-refractivity contribution is 5.71. The van der Waals surface area contributed by atoms with Gasteiger partial charge in [0.1, 0.15) is 13.2 Å². The van der Waals surface area contributed by atoms with E-state index in [0.717, 1.165) is 89.9 Å². The van der Waals surface area contributed by atoms with Gasteiger partial charge in [-0.25, -0.2) is 0 Å². The summed E-state index contributed by atoms with van der Waals surface area (Å²) in [5, 5.41) is 0. The zero-order chi connectivity index (χ0) is 59.9. The molecule has 0 bridgehead atoms. The van der Waals surface area contributed by atoms with Crippen LogP contribution in [0.4, 0.5) is 0 Å². The third kappa shape index (κ3) is 70.3. The average Bonchev–Trinajstić information content (AvgIpc) is 3.50. The minimum atomic E-state index is -0.782.